The highest BCUT2D eigenvalue weighted by Crippen LogP contribution is 2.09. The Hall–Kier alpha value is -1.69. The minimum atomic E-state index is -0.0507. The van der Waals surface area contributed by atoms with Crippen molar-refractivity contribution >= 4 is 0 Å². The van der Waals surface area contributed by atoms with E-state index in [0.717, 1.165) is 0 Å². The molecular formula is C6H7N5O. The van der Waals surface area contributed by atoms with Crippen LogP contribution in [0.1, 0.15) is 5.69 Å². The Kier molecular flexibility index (Phi) is 1.60. The highest BCUT2D eigenvalue weighted by Gasteiger charge is 2.04. The van der Waals surface area contributed by atoms with E-state index in [-0.39, 0.29) is 6.61 Å². The largest absolute Gasteiger partial charge is 0.390 e. The van der Waals surface area contributed by atoms with E-state index in [1.54, 1.807) is 12.4 Å². The number of aromatic amines is 2. The molecule has 0 radical (unpaired) electrons. The van der Waals surface area contributed by atoms with Crippen LogP contribution in [0.3, 0.4) is 0 Å². The number of H-pyrrole nitrogens is 2. The first-order chi connectivity index (χ1) is 5.90. The van der Waals surface area contributed by atoms with Crippen molar-refractivity contribution in [2.75, 3.05) is 0 Å². The number of rotatable bonds is 2. The van der Waals surface area contributed by atoms with Crippen LogP contribution >= 0.6 is 0 Å². The number of aromatic nitrogens is 5. The van der Waals surface area contributed by atoms with Gasteiger partial charge in [-0.05, 0) is 0 Å². The molecule has 6 nitrogen and oxygen atoms in total. The first kappa shape index (κ1) is 6.99. The molecule has 0 aliphatic rings. The van der Waals surface area contributed by atoms with E-state index in [2.05, 4.69) is 25.4 Å². The van der Waals surface area contributed by atoms with E-state index >= 15 is 0 Å². The van der Waals surface area contributed by atoms with Crippen molar-refractivity contribution in [1.82, 2.24) is 25.4 Å². The van der Waals surface area contributed by atoms with Crippen LogP contribution in [-0.2, 0) is 6.61 Å². The number of hydrogen-bond donors (Lipinski definition) is 3. The van der Waals surface area contributed by atoms with Crippen molar-refractivity contribution < 1.29 is 5.11 Å². The van der Waals surface area contributed by atoms with Crippen molar-refractivity contribution in [2.24, 2.45) is 0 Å². The van der Waals surface area contributed by atoms with E-state index in [4.69, 9.17) is 5.11 Å². The molecule has 62 valence electrons. The molecule has 2 heterocycles. The molecule has 6 heteroatoms. The Morgan fingerprint density at radius 1 is 1.42 bits per heavy atom. The molecule has 2 aromatic heterocycles. The van der Waals surface area contributed by atoms with Crippen molar-refractivity contribution in [3.05, 3.63) is 18.1 Å². The lowest BCUT2D eigenvalue weighted by Gasteiger charge is -1.86. The normalized spacial score (nSPS) is 10.4. The summed E-state index contributed by atoms with van der Waals surface area (Å²) >= 11 is 0. The maximum absolute atomic E-state index is 8.73. The van der Waals surface area contributed by atoms with Gasteiger partial charge < -0.3 is 10.1 Å². The molecular weight excluding hydrogens is 158 g/mol. The van der Waals surface area contributed by atoms with Crippen molar-refractivity contribution in [3.8, 4) is 11.5 Å². The quantitative estimate of drug-likeness (QED) is 0.569. The number of nitrogens with zero attached hydrogens (tertiary/aromatic N) is 3. The van der Waals surface area contributed by atoms with Gasteiger partial charge in [0.05, 0.1) is 24.7 Å². The van der Waals surface area contributed by atoms with E-state index in [1.807, 2.05) is 0 Å². The monoisotopic (exact) mass is 165 g/mol. The van der Waals surface area contributed by atoms with Gasteiger partial charge in [-0.1, -0.05) is 0 Å². The zero-order valence-electron chi connectivity index (χ0n) is 6.15. The van der Waals surface area contributed by atoms with Crippen LogP contribution in [0.5, 0.6) is 0 Å². The smallest absolute Gasteiger partial charge is 0.159 e. The molecule has 0 fully saturated rings. The first-order valence-corrected chi connectivity index (χ1v) is 3.41. The van der Waals surface area contributed by atoms with Gasteiger partial charge >= 0.3 is 0 Å². The molecule has 0 aliphatic heterocycles. The lowest BCUT2D eigenvalue weighted by Crippen LogP contribution is -1.83. The zero-order chi connectivity index (χ0) is 8.39. The Balaban J connectivity index is 2.35. The van der Waals surface area contributed by atoms with Gasteiger partial charge in [0.2, 0.25) is 0 Å². The summed E-state index contributed by atoms with van der Waals surface area (Å²) in [5, 5.41) is 18.7. The third-order valence-corrected chi connectivity index (χ3v) is 1.46. The molecule has 0 atom stereocenters. The maximum Gasteiger partial charge on any atom is 0.159 e. The summed E-state index contributed by atoms with van der Waals surface area (Å²) in [5.41, 5.74) is 1.29. The van der Waals surface area contributed by atoms with Crippen LogP contribution in [0.25, 0.3) is 11.5 Å². The summed E-state index contributed by atoms with van der Waals surface area (Å²) in [6.07, 6.45) is 3.12. The minimum Gasteiger partial charge on any atom is -0.390 e. The lowest BCUT2D eigenvalue weighted by atomic mass is 10.5. The molecule has 2 rings (SSSR count). The molecule has 0 saturated carbocycles. The summed E-state index contributed by atoms with van der Waals surface area (Å²) in [4.78, 5) is 6.87. The SMILES string of the molecule is OCc1cnc(-c2cn[nH]n2)[nH]1. The van der Waals surface area contributed by atoms with Crippen LogP contribution in [0.4, 0.5) is 0 Å². The fourth-order valence-electron chi connectivity index (χ4n) is 0.885. The van der Waals surface area contributed by atoms with Gasteiger partial charge in [0, 0.05) is 0 Å². The highest BCUT2D eigenvalue weighted by atomic mass is 16.3. The second-order valence-corrected chi connectivity index (χ2v) is 2.27. The highest BCUT2D eigenvalue weighted by molar-refractivity contribution is 5.46. The number of imidazole rings is 1. The predicted molar refractivity (Wildman–Crippen MR) is 39.9 cm³/mol. The molecule has 2 aromatic rings. The average molecular weight is 165 g/mol. The fraction of sp³-hybridized carbons (Fsp3) is 0.167. The summed E-state index contributed by atoms with van der Waals surface area (Å²) in [5.74, 6) is 0.604. The van der Waals surface area contributed by atoms with E-state index < -0.39 is 0 Å². The Morgan fingerprint density at radius 3 is 2.92 bits per heavy atom. The summed E-state index contributed by atoms with van der Waals surface area (Å²) in [7, 11) is 0. The Bertz CT molecular complexity index is 352. The third kappa shape index (κ3) is 1.08. The fourth-order valence-corrected chi connectivity index (χ4v) is 0.885. The molecule has 12 heavy (non-hydrogen) atoms. The van der Waals surface area contributed by atoms with Crippen LogP contribution in [-0.4, -0.2) is 30.5 Å². The van der Waals surface area contributed by atoms with Crippen molar-refractivity contribution in [2.45, 2.75) is 6.61 Å². The van der Waals surface area contributed by atoms with Crippen LogP contribution in [0, 0.1) is 0 Å². The number of nitrogens with one attached hydrogen (secondary N) is 2. The van der Waals surface area contributed by atoms with Crippen LogP contribution < -0.4 is 0 Å². The number of hydrogen-bond acceptors (Lipinski definition) is 4. The molecule has 0 aromatic carbocycles. The van der Waals surface area contributed by atoms with Gasteiger partial charge in [-0.15, -0.1) is 0 Å². The van der Waals surface area contributed by atoms with Gasteiger partial charge in [-0.25, -0.2) is 4.98 Å². The van der Waals surface area contributed by atoms with Gasteiger partial charge in [0.1, 0.15) is 5.69 Å². The van der Waals surface area contributed by atoms with E-state index in [0.29, 0.717) is 17.2 Å². The average Bonchev–Trinajstić information content (AvgIpc) is 2.75. The van der Waals surface area contributed by atoms with Crippen LogP contribution in [0.15, 0.2) is 12.4 Å². The Morgan fingerprint density at radius 2 is 2.33 bits per heavy atom. The van der Waals surface area contributed by atoms with Crippen molar-refractivity contribution in [3.63, 3.8) is 0 Å². The third-order valence-electron chi connectivity index (χ3n) is 1.46. The number of aliphatic hydroxyl groups excluding tert-OH is 1. The summed E-state index contributed by atoms with van der Waals surface area (Å²) < 4.78 is 0. The van der Waals surface area contributed by atoms with Crippen LogP contribution in [0.2, 0.25) is 0 Å². The molecule has 0 amide bonds. The zero-order valence-corrected chi connectivity index (χ0v) is 6.15. The summed E-state index contributed by atoms with van der Waals surface area (Å²) in [6.45, 7) is -0.0507. The predicted octanol–water partition coefficient (Wildman–Crippen LogP) is -0.313. The van der Waals surface area contributed by atoms with E-state index in [9.17, 15) is 0 Å². The van der Waals surface area contributed by atoms with E-state index in [1.165, 1.54) is 0 Å². The standard InChI is InChI=1S/C6H7N5O/c12-3-4-1-7-6(9-4)5-2-8-11-10-5/h1-2,12H,3H2,(H,7,9)(H,8,10,11). The topological polar surface area (TPSA) is 90.5 Å². The lowest BCUT2D eigenvalue weighted by molar-refractivity contribution is 0.277. The summed E-state index contributed by atoms with van der Waals surface area (Å²) in [6, 6.07) is 0. The van der Waals surface area contributed by atoms with Gasteiger partial charge in [0.25, 0.3) is 0 Å². The second kappa shape index (κ2) is 2.74. The molecule has 3 N–H and O–H groups in total. The molecule has 0 spiro atoms. The minimum absolute atomic E-state index is 0.0507. The molecule has 0 bridgehead atoms. The van der Waals surface area contributed by atoms with Gasteiger partial charge in [0.15, 0.2) is 5.82 Å². The maximum atomic E-state index is 8.73. The second-order valence-electron chi connectivity index (χ2n) is 2.27. The van der Waals surface area contributed by atoms with Gasteiger partial charge in [-0.3, -0.25) is 0 Å². The first-order valence-electron chi connectivity index (χ1n) is 3.41. The van der Waals surface area contributed by atoms with Crippen molar-refractivity contribution in [1.29, 1.82) is 0 Å². The van der Waals surface area contributed by atoms with Gasteiger partial charge in [-0.2, -0.15) is 15.4 Å². The molecule has 0 unspecified atom stereocenters. The number of aliphatic hydroxyl groups is 1. The Labute approximate surface area is 67.7 Å². The molecule has 0 aliphatic carbocycles. The molecule has 0 saturated heterocycles.